The normalized spacial score (nSPS) is 12.6. The number of hydrogen-bond donors (Lipinski definition) is 2. The van der Waals surface area contributed by atoms with E-state index in [1.807, 2.05) is 10.8 Å². The molecule has 0 aliphatic heterocycles. The van der Waals surface area contributed by atoms with Gasteiger partial charge in [0.25, 0.3) is 0 Å². The summed E-state index contributed by atoms with van der Waals surface area (Å²) in [5, 5.41) is 17.8. The fourth-order valence-corrected chi connectivity index (χ4v) is 2.89. The molecule has 0 aromatic heterocycles. The van der Waals surface area contributed by atoms with E-state index in [9.17, 15) is 13.2 Å². The third kappa shape index (κ3) is 4.62. The van der Waals surface area contributed by atoms with Gasteiger partial charge in [-0.2, -0.15) is 9.98 Å². The third-order valence-electron chi connectivity index (χ3n) is 2.44. The number of methoxy groups -OCH3 is 1. The first kappa shape index (κ1) is 16.1. The standard InChI is InChI=1S/C12H14N2O5S/c1-19-7-11(12(15)16)14-20(17,18)8-10-5-3-2-4-9(10)6-13/h2-5,11,14H,7-8H2,1H3,(H,15,16). The number of rotatable bonds is 7. The summed E-state index contributed by atoms with van der Waals surface area (Å²) in [5.41, 5.74) is 0.542. The number of benzene rings is 1. The molecule has 0 saturated heterocycles. The van der Waals surface area contributed by atoms with Gasteiger partial charge >= 0.3 is 5.97 Å². The molecule has 1 rings (SSSR count). The Labute approximate surface area is 116 Å². The molecular formula is C12H14N2O5S. The zero-order chi connectivity index (χ0) is 15.2. The van der Waals surface area contributed by atoms with Gasteiger partial charge in [0.15, 0.2) is 0 Å². The van der Waals surface area contributed by atoms with Gasteiger partial charge in [-0.15, -0.1) is 0 Å². The van der Waals surface area contributed by atoms with Crippen LogP contribution in [0.25, 0.3) is 0 Å². The van der Waals surface area contributed by atoms with Gasteiger partial charge in [-0.3, -0.25) is 4.79 Å². The number of carbonyl (C=O) groups is 1. The number of nitriles is 1. The maximum atomic E-state index is 11.9. The lowest BCUT2D eigenvalue weighted by molar-refractivity contribution is -0.140. The van der Waals surface area contributed by atoms with E-state index in [2.05, 4.69) is 4.74 Å². The zero-order valence-electron chi connectivity index (χ0n) is 10.7. The van der Waals surface area contributed by atoms with E-state index in [0.717, 1.165) is 0 Å². The predicted molar refractivity (Wildman–Crippen MR) is 70.2 cm³/mol. The molecule has 1 unspecified atom stereocenters. The molecule has 0 radical (unpaired) electrons. The summed E-state index contributed by atoms with van der Waals surface area (Å²) in [6.07, 6.45) is 0. The maximum Gasteiger partial charge on any atom is 0.324 e. The maximum absolute atomic E-state index is 11.9. The number of aliphatic carboxylic acids is 1. The Kier molecular flexibility index (Phi) is 5.64. The number of nitrogens with zero attached hydrogens (tertiary/aromatic N) is 1. The van der Waals surface area contributed by atoms with Gasteiger partial charge in [0.1, 0.15) is 6.04 Å². The van der Waals surface area contributed by atoms with Gasteiger partial charge < -0.3 is 9.84 Å². The summed E-state index contributed by atoms with van der Waals surface area (Å²) in [7, 11) is -2.62. The Balaban J connectivity index is 2.90. The van der Waals surface area contributed by atoms with Crippen LogP contribution in [-0.4, -0.2) is 39.3 Å². The van der Waals surface area contributed by atoms with Crippen molar-refractivity contribution >= 4 is 16.0 Å². The third-order valence-corrected chi connectivity index (χ3v) is 3.77. The molecule has 0 heterocycles. The van der Waals surface area contributed by atoms with Crippen molar-refractivity contribution in [2.75, 3.05) is 13.7 Å². The quantitative estimate of drug-likeness (QED) is 0.736. The van der Waals surface area contributed by atoms with Gasteiger partial charge in [0.05, 0.1) is 24.0 Å². The van der Waals surface area contributed by atoms with Crippen molar-refractivity contribution in [3.8, 4) is 6.07 Å². The molecule has 2 N–H and O–H groups in total. The minimum Gasteiger partial charge on any atom is -0.480 e. The van der Waals surface area contributed by atoms with E-state index in [4.69, 9.17) is 10.4 Å². The number of carboxylic acid groups (broad SMARTS) is 1. The van der Waals surface area contributed by atoms with Crippen LogP contribution in [0.15, 0.2) is 24.3 Å². The van der Waals surface area contributed by atoms with Crippen LogP contribution in [0.5, 0.6) is 0 Å². The van der Waals surface area contributed by atoms with Gasteiger partial charge in [0, 0.05) is 7.11 Å². The molecule has 1 aromatic carbocycles. The van der Waals surface area contributed by atoms with Gasteiger partial charge in [-0.05, 0) is 11.6 Å². The second-order valence-electron chi connectivity index (χ2n) is 3.99. The smallest absolute Gasteiger partial charge is 0.324 e. The topological polar surface area (TPSA) is 116 Å². The molecular weight excluding hydrogens is 284 g/mol. The molecule has 20 heavy (non-hydrogen) atoms. The predicted octanol–water partition coefficient (Wildman–Crippen LogP) is 0.0773. The number of carboxylic acids is 1. The first-order valence-corrected chi connectivity index (χ1v) is 7.24. The fourth-order valence-electron chi connectivity index (χ4n) is 1.54. The monoisotopic (exact) mass is 298 g/mol. The molecule has 7 nitrogen and oxygen atoms in total. The second-order valence-corrected chi connectivity index (χ2v) is 5.75. The van der Waals surface area contributed by atoms with Crippen molar-refractivity contribution in [2.45, 2.75) is 11.8 Å². The number of ether oxygens (including phenoxy) is 1. The molecule has 0 saturated carbocycles. The second kappa shape index (κ2) is 7.00. The van der Waals surface area contributed by atoms with Crippen LogP contribution in [0.4, 0.5) is 0 Å². The van der Waals surface area contributed by atoms with Gasteiger partial charge in [-0.25, -0.2) is 8.42 Å². The minimum atomic E-state index is -3.90. The molecule has 1 aromatic rings. The van der Waals surface area contributed by atoms with Crippen LogP contribution in [0, 0.1) is 11.3 Å². The summed E-state index contributed by atoms with van der Waals surface area (Å²) in [6.45, 7) is -0.283. The van der Waals surface area contributed by atoms with Gasteiger partial charge in [0.2, 0.25) is 10.0 Å². The van der Waals surface area contributed by atoms with E-state index in [-0.39, 0.29) is 12.2 Å². The Hall–Kier alpha value is -1.95. The first-order valence-electron chi connectivity index (χ1n) is 5.59. The molecule has 0 aliphatic carbocycles. The molecule has 0 spiro atoms. The zero-order valence-corrected chi connectivity index (χ0v) is 11.6. The summed E-state index contributed by atoms with van der Waals surface area (Å²) in [5.74, 6) is -1.80. The highest BCUT2D eigenvalue weighted by atomic mass is 32.2. The number of hydrogen-bond acceptors (Lipinski definition) is 5. The van der Waals surface area contributed by atoms with E-state index in [1.54, 1.807) is 12.1 Å². The highest BCUT2D eigenvalue weighted by molar-refractivity contribution is 7.88. The van der Waals surface area contributed by atoms with Crippen LogP contribution >= 0.6 is 0 Å². The van der Waals surface area contributed by atoms with Crippen molar-refractivity contribution in [3.05, 3.63) is 35.4 Å². The highest BCUT2D eigenvalue weighted by Gasteiger charge is 2.24. The Morgan fingerprint density at radius 1 is 1.50 bits per heavy atom. The summed E-state index contributed by atoms with van der Waals surface area (Å²) < 4.78 is 30.5. The minimum absolute atomic E-state index is 0.233. The molecule has 0 aliphatic rings. The number of nitrogens with one attached hydrogen (secondary N) is 1. The number of sulfonamides is 1. The fraction of sp³-hybridized carbons (Fsp3) is 0.333. The SMILES string of the molecule is COCC(NS(=O)(=O)Cc1ccccc1C#N)C(=O)O. The lowest BCUT2D eigenvalue weighted by Crippen LogP contribution is -2.44. The lowest BCUT2D eigenvalue weighted by Gasteiger charge is -2.14. The van der Waals surface area contributed by atoms with E-state index in [0.29, 0.717) is 5.56 Å². The van der Waals surface area contributed by atoms with Crippen molar-refractivity contribution in [2.24, 2.45) is 0 Å². The van der Waals surface area contributed by atoms with Crippen LogP contribution in [-0.2, 0) is 25.3 Å². The lowest BCUT2D eigenvalue weighted by atomic mass is 10.1. The van der Waals surface area contributed by atoms with Gasteiger partial charge in [-0.1, -0.05) is 18.2 Å². The summed E-state index contributed by atoms with van der Waals surface area (Å²) >= 11 is 0. The molecule has 0 amide bonds. The van der Waals surface area contributed by atoms with Crippen molar-refractivity contribution in [3.63, 3.8) is 0 Å². The van der Waals surface area contributed by atoms with Crippen molar-refractivity contribution < 1.29 is 23.1 Å². The van der Waals surface area contributed by atoms with Crippen LogP contribution < -0.4 is 4.72 Å². The summed E-state index contributed by atoms with van der Waals surface area (Å²) in [4.78, 5) is 10.9. The van der Waals surface area contributed by atoms with Crippen molar-refractivity contribution in [1.29, 1.82) is 5.26 Å². The van der Waals surface area contributed by atoms with Crippen molar-refractivity contribution in [1.82, 2.24) is 4.72 Å². The van der Waals surface area contributed by atoms with E-state index < -0.39 is 27.8 Å². The molecule has 0 fully saturated rings. The first-order chi connectivity index (χ1) is 9.39. The van der Waals surface area contributed by atoms with Crippen LogP contribution in [0.3, 0.4) is 0 Å². The molecule has 108 valence electrons. The average Bonchev–Trinajstić information content (AvgIpc) is 2.38. The van der Waals surface area contributed by atoms with E-state index >= 15 is 0 Å². The Bertz CT molecular complexity index is 621. The largest absolute Gasteiger partial charge is 0.480 e. The van der Waals surface area contributed by atoms with E-state index in [1.165, 1.54) is 19.2 Å². The Morgan fingerprint density at radius 2 is 2.15 bits per heavy atom. The molecule has 8 heteroatoms. The van der Waals surface area contributed by atoms with Crippen LogP contribution in [0.2, 0.25) is 0 Å². The molecule has 0 bridgehead atoms. The Morgan fingerprint density at radius 3 is 2.70 bits per heavy atom. The highest BCUT2D eigenvalue weighted by Crippen LogP contribution is 2.11. The summed E-state index contributed by atoms with van der Waals surface area (Å²) in [6, 6.07) is 6.75. The molecule has 1 atom stereocenters. The average molecular weight is 298 g/mol. The van der Waals surface area contributed by atoms with Crippen LogP contribution in [0.1, 0.15) is 11.1 Å².